The minimum atomic E-state index is -4.10. The van der Waals surface area contributed by atoms with Crippen molar-refractivity contribution in [1.29, 1.82) is 0 Å². The highest BCUT2D eigenvalue weighted by Crippen LogP contribution is 2.33. The Kier molecular flexibility index (Phi) is 16.2. The molecule has 0 atom stereocenters. The van der Waals surface area contributed by atoms with Crippen LogP contribution < -0.4 is 26.4 Å². The number of carboxylic acids is 1. The van der Waals surface area contributed by atoms with E-state index in [4.69, 9.17) is 32.3 Å². The molecular formula is C26H37ClFN8O9PS3. The van der Waals surface area contributed by atoms with Crippen LogP contribution in [-0.4, -0.2) is 83.0 Å². The summed E-state index contributed by atoms with van der Waals surface area (Å²) in [6, 6.07) is 2.64. The third-order valence-corrected chi connectivity index (χ3v) is 9.63. The van der Waals surface area contributed by atoms with Crippen molar-refractivity contribution in [3.05, 3.63) is 53.5 Å². The molecule has 0 radical (unpaired) electrons. The molecular weight excluding hydrogens is 750 g/mol. The molecule has 0 spiro atoms. The first-order valence-electron chi connectivity index (χ1n) is 14.1. The number of aliphatic carboxylic acids is 1. The Morgan fingerprint density at radius 3 is 2.39 bits per heavy atom. The average molecular weight is 787 g/mol. The molecule has 0 aliphatic carbocycles. The number of hydrogen-bond donors (Lipinski definition) is 5. The van der Waals surface area contributed by atoms with Crippen molar-refractivity contribution in [2.24, 2.45) is 4.99 Å². The number of ether oxygens (including phenoxy) is 1. The molecule has 1 aromatic carbocycles. The lowest BCUT2D eigenvalue weighted by Gasteiger charge is -2.16. The number of rotatable bonds is 9. The van der Waals surface area contributed by atoms with Gasteiger partial charge in [0.15, 0.2) is 0 Å². The minimum Gasteiger partial charge on any atom is -0.480 e. The molecule has 23 heteroatoms. The van der Waals surface area contributed by atoms with Gasteiger partial charge in [0.1, 0.15) is 17.2 Å². The number of nitrogens with two attached hydrogens (primary N) is 1. The first-order valence-corrected chi connectivity index (χ1v) is 19.3. The second-order valence-corrected chi connectivity index (χ2v) is 15.7. The smallest absolute Gasteiger partial charge is 0.339 e. The van der Waals surface area contributed by atoms with Crippen LogP contribution in [0.3, 0.4) is 0 Å². The zero-order valence-electron chi connectivity index (χ0n) is 27.1. The van der Waals surface area contributed by atoms with Crippen molar-refractivity contribution in [1.82, 2.24) is 29.6 Å². The lowest BCUT2D eigenvalue weighted by molar-refractivity contribution is -0.137. The van der Waals surface area contributed by atoms with E-state index in [0.29, 0.717) is 33.6 Å². The van der Waals surface area contributed by atoms with E-state index in [2.05, 4.69) is 25.2 Å². The van der Waals surface area contributed by atoms with Gasteiger partial charge in [0, 0.05) is 23.4 Å². The topological polar surface area (TPSA) is 246 Å². The number of carbonyl (C=O) groups is 2. The highest BCUT2D eigenvalue weighted by molar-refractivity contribution is 8.00. The molecule has 3 aromatic rings. The van der Waals surface area contributed by atoms with Gasteiger partial charge < -0.3 is 25.5 Å². The van der Waals surface area contributed by atoms with Gasteiger partial charge in [-0.15, -0.1) is 22.0 Å². The van der Waals surface area contributed by atoms with Crippen LogP contribution in [0.1, 0.15) is 39.3 Å². The van der Waals surface area contributed by atoms with Gasteiger partial charge in [-0.25, -0.2) is 14.1 Å². The second-order valence-electron chi connectivity index (χ2n) is 10.9. The number of benzene rings is 1. The summed E-state index contributed by atoms with van der Waals surface area (Å²) in [5, 5.41) is 18.4. The summed E-state index contributed by atoms with van der Waals surface area (Å²) in [4.78, 5) is 66.4. The molecule has 0 amide bonds. The van der Waals surface area contributed by atoms with Gasteiger partial charge in [-0.3, -0.25) is 33.7 Å². The Hall–Kier alpha value is -3.04. The van der Waals surface area contributed by atoms with Gasteiger partial charge in [0.25, 0.3) is 5.56 Å². The highest BCUT2D eigenvalue weighted by atomic mass is 35.5. The molecule has 1 aliphatic heterocycles. The van der Waals surface area contributed by atoms with Crippen LogP contribution in [0, 0.1) is 5.82 Å². The van der Waals surface area contributed by atoms with E-state index in [1.165, 1.54) is 24.9 Å². The number of methoxy groups -OCH3 is 1. The summed E-state index contributed by atoms with van der Waals surface area (Å²) in [6.45, 7) is 6.58. The third kappa shape index (κ3) is 13.3. The fourth-order valence-corrected chi connectivity index (χ4v) is 6.53. The zero-order chi connectivity index (χ0) is 37.1. The molecule has 0 fully saturated rings. The number of nitrogen functional groups attached to an aromatic ring is 1. The number of nitrogens with one attached hydrogen (secondary N) is 1. The monoisotopic (exact) mass is 786 g/mol. The summed E-state index contributed by atoms with van der Waals surface area (Å²) in [5.74, 6) is 3.50. The van der Waals surface area contributed by atoms with Gasteiger partial charge in [0.2, 0.25) is 9.96 Å². The van der Waals surface area contributed by atoms with Crippen LogP contribution in [0.15, 0.2) is 36.8 Å². The van der Waals surface area contributed by atoms with E-state index in [1.807, 2.05) is 20.8 Å². The number of fused-ring (bicyclic) bond motifs is 1. The van der Waals surface area contributed by atoms with Crippen molar-refractivity contribution in [3.8, 4) is 0 Å². The molecule has 2 aromatic heterocycles. The maximum atomic E-state index is 14.3. The van der Waals surface area contributed by atoms with Crippen LogP contribution in [-0.2, 0) is 37.4 Å². The molecule has 272 valence electrons. The standard InChI is InChI=1S/C15H15ClFN3O3S2.C8H14N4OS.C3H8NO5P/c1-23-13(21)8-24-12-7-11(10(17)6-9(12)16)18-14-19-4-2-3-5-20(19)15(22)25-14;1-8(2,3)5-6(13)12(9)7(14-4)11-10-5;5-3(6)1-4-2-10(7,8)9/h6-7H,2-5,8H2,1H3;9H2,1-4H3;4H,1-2H2,(H,5,6)(H2,7,8,9)/b18-14-;;. The van der Waals surface area contributed by atoms with Gasteiger partial charge in [-0.05, 0) is 42.6 Å². The Morgan fingerprint density at radius 1 is 1.20 bits per heavy atom. The van der Waals surface area contributed by atoms with Crippen LogP contribution >= 0.6 is 54.1 Å². The van der Waals surface area contributed by atoms with E-state index >= 15 is 0 Å². The van der Waals surface area contributed by atoms with E-state index in [9.17, 15) is 28.1 Å². The third-order valence-electron chi connectivity index (χ3n) is 6.03. The van der Waals surface area contributed by atoms with Gasteiger partial charge in [-0.2, -0.15) is 4.68 Å². The van der Waals surface area contributed by atoms with Gasteiger partial charge in [-0.1, -0.05) is 44.1 Å². The largest absolute Gasteiger partial charge is 0.480 e. The fraction of sp³-hybridized carbons (Fsp3) is 0.500. The molecule has 4 rings (SSSR count). The number of hydrogen-bond acceptors (Lipinski definition) is 14. The average Bonchev–Trinajstić information content (AvgIpc) is 3.33. The second kappa shape index (κ2) is 18.8. The summed E-state index contributed by atoms with van der Waals surface area (Å²) < 4.78 is 33.3. The molecule has 3 heterocycles. The Morgan fingerprint density at radius 2 is 1.84 bits per heavy atom. The Labute approximate surface area is 296 Å². The maximum absolute atomic E-state index is 14.3. The molecule has 49 heavy (non-hydrogen) atoms. The van der Waals surface area contributed by atoms with Crippen LogP contribution in [0.2, 0.25) is 5.02 Å². The molecule has 0 saturated carbocycles. The first-order chi connectivity index (χ1) is 22.8. The predicted octanol–water partition coefficient (Wildman–Crippen LogP) is 1.96. The molecule has 6 N–H and O–H groups in total. The summed E-state index contributed by atoms with van der Waals surface area (Å²) >= 11 is 9.46. The van der Waals surface area contributed by atoms with E-state index < -0.39 is 38.2 Å². The van der Waals surface area contributed by atoms with Crippen LogP contribution in [0.4, 0.5) is 10.1 Å². The summed E-state index contributed by atoms with van der Waals surface area (Å²) in [6.07, 6.45) is 3.09. The van der Waals surface area contributed by atoms with Crippen molar-refractivity contribution in [2.75, 3.05) is 37.8 Å². The quantitative estimate of drug-likeness (QED) is 0.0901. The minimum absolute atomic E-state index is 0.0605. The molecule has 17 nitrogen and oxygen atoms in total. The number of carboxylic acid groups (broad SMARTS) is 1. The number of carbonyl (C=O) groups excluding carboxylic acids is 1. The van der Waals surface area contributed by atoms with Gasteiger partial charge >= 0.3 is 24.4 Å². The molecule has 1 aliphatic rings. The number of halogens is 2. The summed E-state index contributed by atoms with van der Waals surface area (Å²) in [7, 11) is -2.80. The fourth-order valence-electron chi connectivity index (χ4n) is 3.73. The lowest BCUT2D eigenvalue weighted by Crippen LogP contribution is -2.37. The normalized spacial score (nSPS) is 13.0. The Bertz CT molecular complexity index is 1870. The van der Waals surface area contributed by atoms with Crippen molar-refractivity contribution >= 4 is 71.7 Å². The molecule has 0 saturated heterocycles. The zero-order valence-corrected chi connectivity index (χ0v) is 31.2. The Balaban J connectivity index is 0.000000293. The van der Waals surface area contributed by atoms with E-state index in [1.54, 1.807) is 15.6 Å². The maximum Gasteiger partial charge on any atom is 0.339 e. The highest BCUT2D eigenvalue weighted by Gasteiger charge is 2.22. The predicted molar refractivity (Wildman–Crippen MR) is 185 cm³/mol. The number of nitrogens with zero attached hydrogens (tertiary/aromatic N) is 6. The van der Waals surface area contributed by atoms with Crippen molar-refractivity contribution < 1.29 is 38.2 Å². The summed E-state index contributed by atoms with van der Waals surface area (Å²) in [5.41, 5.74) is -0.142. The first kappa shape index (κ1) is 42.1. The number of aromatic nitrogens is 5. The molecule has 0 unspecified atom stereocenters. The van der Waals surface area contributed by atoms with E-state index in [-0.39, 0.29) is 32.3 Å². The number of thioether (sulfide) groups is 2. The van der Waals surface area contributed by atoms with Crippen molar-refractivity contribution in [3.63, 3.8) is 0 Å². The van der Waals surface area contributed by atoms with Crippen LogP contribution in [0.25, 0.3) is 0 Å². The van der Waals surface area contributed by atoms with Crippen LogP contribution in [0.5, 0.6) is 0 Å². The lowest BCUT2D eigenvalue weighted by atomic mass is 9.93. The van der Waals surface area contributed by atoms with Gasteiger partial charge in [0.05, 0.1) is 30.7 Å². The molecule has 0 bridgehead atoms. The number of esters is 1. The van der Waals surface area contributed by atoms with Crippen molar-refractivity contribution in [2.45, 2.75) is 62.2 Å². The van der Waals surface area contributed by atoms with E-state index in [0.717, 1.165) is 46.7 Å². The SMILES string of the molecule is COC(=O)CSc1cc(/N=c2\sc(=O)n3n2CCCC3)c(F)cc1Cl.CSc1nnc(C(C)(C)C)c(=O)n1N.O=C(O)CNCP(=O)(O)O.